The van der Waals surface area contributed by atoms with E-state index in [2.05, 4.69) is 15.6 Å². The number of nitrogens with zero attached hydrogens (tertiary/aromatic N) is 1. The fourth-order valence-corrected chi connectivity index (χ4v) is 1.46. The quantitative estimate of drug-likeness (QED) is 0.823. The van der Waals surface area contributed by atoms with Crippen molar-refractivity contribution in [3.63, 3.8) is 0 Å². The van der Waals surface area contributed by atoms with E-state index in [0.29, 0.717) is 0 Å². The normalized spacial score (nSPS) is 9.90. The van der Waals surface area contributed by atoms with E-state index < -0.39 is 17.6 Å². The summed E-state index contributed by atoms with van der Waals surface area (Å²) in [6.45, 7) is 1.85. The number of nitrogens with one attached hydrogen (secondary N) is 2. The summed E-state index contributed by atoms with van der Waals surface area (Å²) in [7, 11) is 0. The third-order valence-corrected chi connectivity index (χ3v) is 2.48. The smallest absolute Gasteiger partial charge is 0.315 e. The highest BCUT2D eigenvalue weighted by atomic mass is 19.1. The minimum atomic E-state index is -0.961. The summed E-state index contributed by atoms with van der Waals surface area (Å²) in [6.07, 6.45) is 1.56. The number of halogens is 1. The van der Waals surface area contributed by atoms with Gasteiger partial charge in [-0.2, -0.15) is 0 Å². The van der Waals surface area contributed by atoms with Crippen molar-refractivity contribution >= 4 is 23.3 Å². The van der Waals surface area contributed by atoms with E-state index >= 15 is 0 Å². The standard InChI is InChI=1S/C14H12FN3O2/c1-9-6-7-12(16-8-9)18-14(20)13(19)17-11-5-3-2-4-10(11)15/h2-8H,1H3,(H,17,19)(H,16,18,20). The van der Waals surface area contributed by atoms with Crippen LogP contribution < -0.4 is 10.6 Å². The van der Waals surface area contributed by atoms with Crippen LogP contribution in [-0.4, -0.2) is 16.8 Å². The zero-order valence-electron chi connectivity index (χ0n) is 10.7. The van der Waals surface area contributed by atoms with Gasteiger partial charge in [0.2, 0.25) is 0 Å². The van der Waals surface area contributed by atoms with Gasteiger partial charge < -0.3 is 10.6 Å². The van der Waals surface area contributed by atoms with Crippen molar-refractivity contribution in [3.8, 4) is 0 Å². The Kier molecular flexibility index (Phi) is 4.05. The molecule has 0 aliphatic carbocycles. The molecular weight excluding hydrogens is 261 g/mol. The Morgan fingerprint density at radius 3 is 2.40 bits per heavy atom. The molecule has 1 heterocycles. The SMILES string of the molecule is Cc1ccc(NC(=O)C(=O)Nc2ccccc2F)nc1. The zero-order chi connectivity index (χ0) is 14.5. The molecule has 0 fully saturated rings. The molecule has 6 heteroatoms. The fourth-order valence-electron chi connectivity index (χ4n) is 1.46. The highest BCUT2D eigenvalue weighted by Crippen LogP contribution is 2.12. The Bertz CT molecular complexity index is 641. The van der Waals surface area contributed by atoms with Gasteiger partial charge in [0.05, 0.1) is 5.69 Å². The molecule has 0 bridgehead atoms. The maximum Gasteiger partial charge on any atom is 0.315 e. The summed E-state index contributed by atoms with van der Waals surface area (Å²) in [5, 5.41) is 4.51. The van der Waals surface area contributed by atoms with Gasteiger partial charge in [-0.25, -0.2) is 9.37 Å². The first-order valence-corrected chi connectivity index (χ1v) is 5.86. The molecule has 1 aromatic carbocycles. The maximum atomic E-state index is 13.3. The molecule has 1 aromatic heterocycles. The number of hydrogen-bond donors (Lipinski definition) is 2. The summed E-state index contributed by atoms with van der Waals surface area (Å²) in [5.41, 5.74) is 0.878. The molecule has 2 N–H and O–H groups in total. The number of para-hydroxylation sites is 1. The molecule has 0 atom stereocenters. The monoisotopic (exact) mass is 273 g/mol. The molecule has 2 amide bonds. The van der Waals surface area contributed by atoms with E-state index in [4.69, 9.17) is 0 Å². The third kappa shape index (κ3) is 3.38. The molecule has 5 nitrogen and oxygen atoms in total. The minimum absolute atomic E-state index is 0.0514. The van der Waals surface area contributed by atoms with Crippen LogP contribution >= 0.6 is 0 Å². The van der Waals surface area contributed by atoms with E-state index in [-0.39, 0.29) is 11.5 Å². The Labute approximate surface area is 114 Å². The second-order valence-corrected chi connectivity index (χ2v) is 4.11. The highest BCUT2D eigenvalue weighted by Gasteiger charge is 2.15. The largest absolute Gasteiger partial charge is 0.315 e. The van der Waals surface area contributed by atoms with Crippen LogP contribution in [0.5, 0.6) is 0 Å². The lowest BCUT2D eigenvalue weighted by Gasteiger charge is -2.06. The average Bonchev–Trinajstić information content (AvgIpc) is 2.44. The summed E-state index contributed by atoms with van der Waals surface area (Å²) in [4.78, 5) is 27.2. The first-order chi connectivity index (χ1) is 9.56. The molecule has 0 saturated heterocycles. The lowest BCUT2D eigenvalue weighted by Crippen LogP contribution is -2.29. The van der Waals surface area contributed by atoms with Gasteiger partial charge in [-0.3, -0.25) is 9.59 Å². The topological polar surface area (TPSA) is 71.1 Å². The van der Waals surface area contributed by atoms with Crippen LogP contribution in [0.15, 0.2) is 42.6 Å². The van der Waals surface area contributed by atoms with E-state index in [0.717, 1.165) is 5.56 Å². The molecule has 2 aromatic rings. The van der Waals surface area contributed by atoms with Crippen molar-refractivity contribution < 1.29 is 14.0 Å². The molecule has 0 radical (unpaired) electrons. The number of rotatable bonds is 2. The van der Waals surface area contributed by atoms with Gasteiger partial charge in [0.1, 0.15) is 11.6 Å². The first-order valence-electron chi connectivity index (χ1n) is 5.86. The van der Waals surface area contributed by atoms with E-state index in [9.17, 15) is 14.0 Å². The fraction of sp³-hybridized carbons (Fsp3) is 0.0714. The van der Waals surface area contributed by atoms with Crippen molar-refractivity contribution in [1.82, 2.24) is 4.98 Å². The number of benzene rings is 1. The maximum absolute atomic E-state index is 13.3. The minimum Gasteiger partial charge on any atom is -0.315 e. The van der Waals surface area contributed by atoms with Gasteiger partial charge in [0, 0.05) is 6.20 Å². The highest BCUT2D eigenvalue weighted by molar-refractivity contribution is 6.43. The summed E-state index contributed by atoms with van der Waals surface area (Å²) in [5.74, 6) is -2.23. The Morgan fingerprint density at radius 2 is 1.75 bits per heavy atom. The van der Waals surface area contributed by atoms with Crippen LogP contribution in [0.25, 0.3) is 0 Å². The number of aromatic nitrogens is 1. The number of amides is 2. The average molecular weight is 273 g/mol. The van der Waals surface area contributed by atoms with Gasteiger partial charge in [-0.05, 0) is 30.7 Å². The molecule has 0 aliphatic heterocycles. The Morgan fingerprint density at radius 1 is 1.05 bits per heavy atom. The molecule has 0 unspecified atom stereocenters. The van der Waals surface area contributed by atoms with E-state index in [1.54, 1.807) is 24.4 Å². The Balaban J connectivity index is 2.01. The first kappa shape index (κ1) is 13.7. The number of pyridine rings is 1. The van der Waals surface area contributed by atoms with Gasteiger partial charge >= 0.3 is 11.8 Å². The summed E-state index contributed by atoms with van der Waals surface area (Å²) >= 11 is 0. The van der Waals surface area contributed by atoms with Gasteiger partial charge in [0.25, 0.3) is 0 Å². The summed E-state index contributed by atoms with van der Waals surface area (Å²) < 4.78 is 13.3. The second kappa shape index (κ2) is 5.92. The molecule has 2 rings (SSSR count). The third-order valence-electron chi connectivity index (χ3n) is 2.48. The molecule has 0 saturated carbocycles. The van der Waals surface area contributed by atoms with Gasteiger partial charge in [-0.15, -0.1) is 0 Å². The lowest BCUT2D eigenvalue weighted by molar-refractivity contribution is -0.133. The molecule has 0 aliphatic rings. The lowest BCUT2D eigenvalue weighted by atomic mass is 10.3. The number of anilines is 2. The van der Waals surface area contributed by atoms with Crippen LogP contribution in [-0.2, 0) is 9.59 Å². The van der Waals surface area contributed by atoms with E-state index in [1.807, 2.05) is 6.92 Å². The molecule has 102 valence electrons. The van der Waals surface area contributed by atoms with Gasteiger partial charge in [-0.1, -0.05) is 18.2 Å². The van der Waals surface area contributed by atoms with Crippen molar-refractivity contribution in [2.45, 2.75) is 6.92 Å². The number of carbonyl (C=O) groups is 2. The van der Waals surface area contributed by atoms with Crippen LogP contribution in [0.1, 0.15) is 5.56 Å². The van der Waals surface area contributed by atoms with Crippen molar-refractivity contribution in [2.75, 3.05) is 10.6 Å². The van der Waals surface area contributed by atoms with Crippen LogP contribution in [0, 0.1) is 12.7 Å². The second-order valence-electron chi connectivity index (χ2n) is 4.11. The Hall–Kier alpha value is -2.76. The van der Waals surface area contributed by atoms with Crippen molar-refractivity contribution in [2.24, 2.45) is 0 Å². The predicted octanol–water partition coefficient (Wildman–Crippen LogP) is 2.11. The van der Waals surface area contributed by atoms with E-state index in [1.165, 1.54) is 18.2 Å². The van der Waals surface area contributed by atoms with Crippen molar-refractivity contribution in [3.05, 3.63) is 54.0 Å². The van der Waals surface area contributed by atoms with Gasteiger partial charge in [0.15, 0.2) is 0 Å². The predicted molar refractivity (Wildman–Crippen MR) is 72.6 cm³/mol. The summed E-state index contributed by atoms with van der Waals surface area (Å²) in [6, 6.07) is 8.92. The van der Waals surface area contributed by atoms with Crippen LogP contribution in [0.3, 0.4) is 0 Å². The number of aryl methyl sites for hydroxylation is 1. The van der Waals surface area contributed by atoms with Crippen LogP contribution in [0.4, 0.5) is 15.9 Å². The zero-order valence-corrected chi connectivity index (χ0v) is 10.7. The van der Waals surface area contributed by atoms with Crippen molar-refractivity contribution in [1.29, 1.82) is 0 Å². The molecular formula is C14H12FN3O2. The number of carbonyl (C=O) groups excluding carboxylic acids is 2. The van der Waals surface area contributed by atoms with Crippen LogP contribution in [0.2, 0.25) is 0 Å². The molecule has 20 heavy (non-hydrogen) atoms. The molecule has 0 spiro atoms. The number of hydrogen-bond acceptors (Lipinski definition) is 3.